The van der Waals surface area contributed by atoms with Crippen molar-refractivity contribution >= 4 is 37.8 Å². The molecule has 1 fully saturated rings. The number of carboxylic acids is 1. The summed E-state index contributed by atoms with van der Waals surface area (Å²) in [5.41, 5.74) is 1.25. The van der Waals surface area contributed by atoms with Crippen molar-refractivity contribution in [3.8, 4) is 0 Å². The molecule has 1 unspecified atom stereocenters. The Kier molecular flexibility index (Phi) is 4.81. The van der Waals surface area contributed by atoms with Crippen molar-refractivity contribution < 1.29 is 9.90 Å². The predicted molar refractivity (Wildman–Crippen MR) is 77.5 cm³/mol. The number of rotatable bonds is 4. The minimum absolute atomic E-state index is 0.292. The summed E-state index contributed by atoms with van der Waals surface area (Å²) in [6.07, 6.45) is 1.28. The molecule has 1 aromatic rings. The van der Waals surface area contributed by atoms with Gasteiger partial charge in [0.15, 0.2) is 0 Å². The molecular weight excluding hydrogens is 362 g/mol. The number of hydrogen-bond donors (Lipinski definition) is 1. The van der Waals surface area contributed by atoms with Crippen LogP contribution in [0.3, 0.4) is 0 Å². The van der Waals surface area contributed by atoms with E-state index in [0.717, 1.165) is 35.0 Å². The van der Waals surface area contributed by atoms with Gasteiger partial charge in [-0.3, -0.25) is 9.69 Å². The van der Waals surface area contributed by atoms with Crippen molar-refractivity contribution in [3.05, 3.63) is 32.7 Å². The fraction of sp³-hybridized carbons (Fsp3) is 0.462. The number of aliphatic carboxylic acids is 1. The van der Waals surface area contributed by atoms with Crippen molar-refractivity contribution in [1.29, 1.82) is 0 Å². The van der Waals surface area contributed by atoms with Crippen LogP contribution >= 0.6 is 31.9 Å². The summed E-state index contributed by atoms with van der Waals surface area (Å²) in [4.78, 5) is 13.0. The van der Waals surface area contributed by atoms with Gasteiger partial charge in [-0.05, 0) is 68.4 Å². The van der Waals surface area contributed by atoms with Crippen LogP contribution in [0.5, 0.6) is 0 Å². The van der Waals surface area contributed by atoms with E-state index < -0.39 is 5.97 Å². The Morgan fingerprint density at radius 1 is 1.39 bits per heavy atom. The van der Waals surface area contributed by atoms with E-state index in [2.05, 4.69) is 48.9 Å². The molecule has 1 saturated heterocycles. The van der Waals surface area contributed by atoms with E-state index in [1.807, 2.05) is 6.07 Å². The lowest BCUT2D eigenvalue weighted by atomic mass is 10.1. The van der Waals surface area contributed by atoms with Gasteiger partial charge in [0, 0.05) is 28.5 Å². The lowest BCUT2D eigenvalue weighted by Crippen LogP contribution is -2.20. The molecular formula is C13H15Br2NO2. The van der Waals surface area contributed by atoms with Gasteiger partial charge in [-0.2, -0.15) is 0 Å². The molecule has 2 rings (SSSR count). The SMILES string of the molecule is O=C(O)CC1CCN(Cc2ccc(Br)c(Br)c2)C1. The zero-order valence-electron chi connectivity index (χ0n) is 9.90. The Bertz CT molecular complexity index is 451. The summed E-state index contributed by atoms with van der Waals surface area (Å²) in [6.45, 7) is 2.77. The van der Waals surface area contributed by atoms with Crippen LogP contribution in [0.4, 0.5) is 0 Å². The van der Waals surface area contributed by atoms with E-state index >= 15 is 0 Å². The molecule has 0 radical (unpaired) electrons. The lowest BCUT2D eigenvalue weighted by Gasteiger charge is -2.16. The normalized spacial score (nSPS) is 20.2. The van der Waals surface area contributed by atoms with E-state index in [-0.39, 0.29) is 0 Å². The molecule has 1 N–H and O–H groups in total. The number of hydrogen-bond acceptors (Lipinski definition) is 2. The van der Waals surface area contributed by atoms with E-state index in [9.17, 15) is 4.79 Å². The fourth-order valence-corrected chi connectivity index (χ4v) is 3.04. The first-order valence-electron chi connectivity index (χ1n) is 5.92. The first kappa shape index (κ1) is 14.0. The molecule has 1 aliphatic heterocycles. The van der Waals surface area contributed by atoms with Gasteiger partial charge in [0.2, 0.25) is 0 Å². The number of carboxylic acid groups (broad SMARTS) is 1. The fourth-order valence-electron chi connectivity index (χ4n) is 2.37. The van der Waals surface area contributed by atoms with Gasteiger partial charge in [0.1, 0.15) is 0 Å². The van der Waals surface area contributed by atoms with Crippen LogP contribution in [0.25, 0.3) is 0 Å². The highest BCUT2D eigenvalue weighted by Gasteiger charge is 2.24. The van der Waals surface area contributed by atoms with Gasteiger partial charge in [0.25, 0.3) is 0 Å². The lowest BCUT2D eigenvalue weighted by molar-refractivity contribution is -0.138. The average molecular weight is 377 g/mol. The summed E-state index contributed by atoms with van der Waals surface area (Å²) >= 11 is 6.95. The topological polar surface area (TPSA) is 40.5 Å². The van der Waals surface area contributed by atoms with E-state index in [1.165, 1.54) is 5.56 Å². The Balaban J connectivity index is 1.91. The van der Waals surface area contributed by atoms with Crippen molar-refractivity contribution in [2.45, 2.75) is 19.4 Å². The quantitative estimate of drug-likeness (QED) is 0.874. The molecule has 3 nitrogen and oxygen atoms in total. The average Bonchev–Trinajstić information content (AvgIpc) is 2.70. The second-order valence-electron chi connectivity index (χ2n) is 4.74. The van der Waals surface area contributed by atoms with E-state index in [4.69, 9.17) is 5.11 Å². The summed E-state index contributed by atoms with van der Waals surface area (Å²) in [6, 6.07) is 6.23. The van der Waals surface area contributed by atoms with Gasteiger partial charge in [-0.1, -0.05) is 6.07 Å². The molecule has 0 aliphatic carbocycles. The van der Waals surface area contributed by atoms with Gasteiger partial charge in [-0.25, -0.2) is 0 Å². The Labute approximate surface area is 123 Å². The first-order valence-corrected chi connectivity index (χ1v) is 7.51. The number of likely N-dealkylation sites (tertiary alicyclic amines) is 1. The van der Waals surface area contributed by atoms with Crippen LogP contribution in [-0.2, 0) is 11.3 Å². The molecule has 0 amide bonds. The van der Waals surface area contributed by atoms with Crippen LogP contribution in [0, 0.1) is 5.92 Å². The molecule has 18 heavy (non-hydrogen) atoms. The van der Waals surface area contributed by atoms with Crippen LogP contribution < -0.4 is 0 Å². The molecule has 0 spiro atoms. The highest BCUT2D eigenvalue weighted by atomic mass is 79.9. The Morgan fingerprint density at radius 3 is 2.83 bits per heavy atom. The minimum Gasteiger partial charge on any atom is -0.481 e. The molecule has 1 heterocycles. The molecule has 1 aromatic carbocycles. The maximum absolute atomic E-state index is 10.7. The maximum Gasteiger partial charge on any atom is 0.303 e. The highest BCUT2D eigenvalue weighted by molar-refractivity contribution is 9.13. The molecule has 1 atom stereocenters. The minimum atomic E-state index is -0.687. The molecule has 5 heteroatoms. The highest BCUT2D eigenvalue weighted by Crippen LogP contribution is 2.26. The van der Waals surface area contributed by atoms with E-state index in [1.54, 1.807) is 0 Å². The summed E-state index contributed by atoms with van der Waals surface area (Å²) in [7, 11) is 0. The molecule has 1 aliphatic rings. The van der Waals surface area contributed by atoms with Crippen molar-refractivity contribution in [1.82, 2.24) is 4.90 Å². The third kappa shape index (κ3) is 3.80. The number of halogens is 2. The second-order valence-corrected chi connectivity index (χ2v) is 6.44. The van der Waals surface area contributed by atoms with Crippen molar-refractivity contribution in [2.75, 3.05) is 13.1 Å². The van der Waals surface area contributed by atoms with Crippen LogP contribution in [0.1, 0.15) is 18.4 Å². The summed E-state index contributed by atoms with van der Waals surface area (Å²) in [5.74, 6) is -0.380. The van der Waals surface area contributed by atoms with Gasteiger partial charge in [0.05, 0.1) is 0 Å². The number of benzene rings is 1. The summed E-state index contributed by atoms with van der Waals surface area (Å²) < 4.78 is 2.11. The van der Waals surface area contributed by atoms with Gasteiger partial charge < -0.3 is 5.11 Å². The molecule has 0 aromatic heterocycles. The molecule has 98 valence electrons. The summed E-state index contributed by atoms with van der Waals surface area (Å²) in [5, 5.41) is 8.79. The van der Waals surface area contributed by atoms with Crippen LogP contribution in [0.15, 0.2) is 27.1 Å². The van der Waals surface area contributed by atoms with Crippen LogP contribution in [0.2, 0.25) is 0 Å². The Hall–Kier alpha value is -0.390. The monoisotopic (exact) mass is 375 g/mol. The first-order chi connectivity index (χ1) is 8.54. The number of nitrogens with zero attached hydrogens (tertiary/aromatic N) is 1. The number of carbonyl (C=O) groups is 1. The van der Waals surface area contributed by atoms with Crippen LogP contribution in [-0.4, -0.2) is 29.1 Å². The van der Waals surface area contributed by atoms with Gasteiger partial charge >= 0.3 is 5.97 Å². The van der Waals surface area contributed by atoms with Crippen molar-refractivity contribution in [2.24, 2.45) is 5.92 Å². The van der Waals surface area contributed by atoms with E-state index in [0.29, 0.717) is 12.3 Å². The second kappa shape index (κ2) is 6.17. The zero-order valence-corrected chi connectivity index (χ0v) is 13.1. The molecule has 0 saturated carbocycles. The van der Waals surface area contributed by atoms with Gasteiger partial charge in [-0.15, -0.1) is 0 Å². The zero-order chi connectivity index (χ0) is 13.1. The third-order valence-corrected chi connectivity index (χ3v) is 5.10. The smallest absolute Gasteiger partial charge is 0.303 e. The Morgan fingerprint density at radius 2 is 2.17 bits per heavy atom. The predicted octanol–water partition coefficient (Wildman–Crippen LogP) is 3.51. The van der Waals surface area contributed by atoms with Crippen molar-refractivity contribution in [3.63, 3.8) is 0 Å². The largest absolute Gasteiger partial charge is 0.481 e. The standard InChI is InChI=1S/C13H15Br2NO2/c14-11-2-1-9(5-12(11)15)7-16-4-3-10(8-16)6-13(17)18/h1-2,5,10H,3-4,6-8H2,(H,17,18). The third-order valence-electron chi connectivity index (χ3n) is 3.22. The molecule has 0 bridgehead atoms. The maximum atomic E-state index is 10.7.